The highest BCUT2D eigenvalue weighted by Crippen LogP contribution is 2.28. The first-order chi connectivity index (χ1) is 16.0. The maximum Gasteiger partial charge on any atom is 0.272 e. The van der Waals surface area contributed by atoms with Crippen molar-refractivity contribution in [2.45, 2.75) is 13.0 Å². The lowest BCUT2D eigenvalue weighted by molar-refractivity contribution is -0.384. The van der Waals surface area contributed by atoms with Crippen LogP contribution in [0, 0.1) is 15.9 Å². The molecule has 33 heavy (non-hydrogen) atoms. The van der Waals surface area contributed by atoms with Crippen molar-refractivity contribution in [2.24, 2.45) is 0 Å². The summed E-state index contributed by atoms with van der Waals surface area (Å²) in [6, 6.07) is 21.6. The third kappa shape index (κ3) is 3.87. The van der Waals surface area contributed by atoms with Crippen LogP contribution in [-0.4, -0.2) is 32.1 Å². The van der Waals surface area contributed by atoms with Gasteiger partial charge in [0.1, 0.15) is 11.5 Å². The monoisotopic (exact) mass is 442 g/mol. The third-order valence-electron chi connectivity index (χ3n) is 5.78. The van der Waals surface area contributed by atoms with E-state index in [9.17, 15) is 19.3 Å². The van der Waals surface area contributed by atoms with Gasteiger partial charge in [-0.3, -0.25) is 14.9 Å². The molecule has 3 aromatic carbocycles. The lowest BCUT2D eigenvalue weighted by Crippen LogP contribution is -2.37. The Kier molecular flexibility index (Phi) is 5.18. The molecule has 1 aliphatic heterocycles. The van der Waals surface area contributed by atoms with Gasteiger partial charge < -0.3 is 4.90 Å². The van der Waals surface area contributed by atoms with Gasteiger partial charge in [-0.2, -0.15) is 5.10 Å². The molecule has 7 nitrogen and oxygen atoms in total. The standard InChI is InChI=1S/C25H19FN4O3/c26-22-11-4-3-10-21(22)23-15-24(29(27-23)19-8-5-9-20(14-19)30(32)33)25(31)28-13-12-17-6-1-2-7-18(17)16-28/h1-11,14-15H,12-13,16H2. The van der Waals surface area contributed by atoms with Gasteiger partial charge in [0.15, 0.2) is 0 Å². The maximum atomic E-state index is 14.5. The van der Waals surface area contributed by atoms with Crippen molar-refractivity contribution in [1.29, 1.82) is 0 Å². The van der Waals surface area contributed by atoms with Crippen LogP contribution < -0.4 is 0 Å². The van der Waals surface area contributed by atoms with E-state index in [1.807, 2.05) is 18.2 Å². The molecular weight excluding hydrogens is 423 g/mol. The molecule has 0 spiro atoms. The molecule has 0 N–H and O–H groups in total. The highest BCUT2D eigenvalue weighted by atomic mass is 19.1. The molecule has 0 saturated heterocycles. The van der Waals surface area contributed by atoms with Gasteiger partial charge in [-0.05, 0) is 41.8 Å². The molecule has 0 fully saturated rings. The van der Waals surface area contributed by atoms with Gasteiger partial charge >= 0.3 is 0 Å². The Morgan fingerprint density at radius 3 is 2.52 bits per heavy atom. The molecule has 8 heteroatoms. The molecule has 164 valence electrons. The van der Waals surface area contributed by atoms with Crippen molar-refractivity contribution in [3.63, 3.8) is 0 Å². The number of non-ortho nitro benzene ring substituents is 1. The number of rotatable bonds is 4. The van der Waals surface area contributed by atoms with Crippen molar-refractivity contribution in [2.75, 3.05) is 6.54 Å². The Morgan fingerprint density at radius 2 is 1.73 bits per heavy atom. The fraction of sp³-hybridized carbons (Fsp3) is 0.120. The maximum absolute atomic E-state index is 14.5. The summed E-state index contributed by atoms with van der Waals surface area (Å²) in [6.07, 6.45) is 0.729. The largest absolute Gasteiger partial charge is 0.333 e. The van der Waals surface area contributed by atoms with Gasteiger partial charge in [-0.25, -0.2) is 9.07 Å². The Morgan fingerprint density at radius 1 is 0.970 bits per heavy atom. The highest BCUT2D eigenvalue weighted by Gasteiger charge is 2.27. The van der Waals surface area contributed by atoms with Gasteiger partial charge in [-0.15, -0.1) is 0 Å². The smallest absolute Gasteiger partial charge is 0.272 e. The normalized spacial score (nSPS) is 12.9. The van der Waals surface area contributed by atoms with Crippen LogP contribution >= 0.6 is 0 Å². The van der Waals surface area contributed by atoms with Crippen molar-refractivity contribution in [3.8, 4) is 16.9 Å². The average molecular weight is 442 g/mol. The van der Waals surface area contributed by atoms with E-state index < -0.39 is 10.7 Å². The molecular formula is C25H19FN4O3. The number of carbonyl (C=O) groups is 1. The SMILES string of the molecule is O=C(c1cc(-c2ccccc2F)nn1-c1cccc([N+](=O)[O-])c1)N1CCc2ccccc2C1. The molecule has 4 aromatic rings. The molecule has 0 radical (unpaired) electrons. The number of halogens is 1. The number of nitrogens with zero attached hydrogens (tertiary/aromatic N) is 4. The van der Waals surface area contributed by atoms with Gasteiger partial charge in [0, 0.05) is 30.8 Å². The second-order valence-corrected chi connectivity index (χ2v) is 7.83. The number of amides is 1. The molecule has 0 aliphatic carbocycles. The van der Waals surface area contributed by atoms with Crippen molar-refractivity contribution in [1.82, 2.24) is 14.7 Å². The molecule has 0 saturated carbocycles. The quantitative estimate of drug-likeness (QED) is 0.336. The first kappa shape index (κ1) is 20.6. The van der Waals surface area contributed by atoms with E-state index >= 15 is 0 Å². The summed E-state index contributed by atoms with van der Waals surface area (Å²) in [4.78, 5) is 26.1. The predicted molar refractivity (Wildman–Crippen MR) is 120 cm³/mol. The minimum Gasteiger partial charge on any atom is -0.333 e. The zero-order valence-electron chi connectivity index (χ0n) is 17.5. The number of aromatic nitrogens is 2. The van der Waals surface area contributed by atoms with Gasteiger partial charge in [0.05, 0.1) is 16.3 Å². The first-order valence-electron chi connectivity index (χ1n) is 10.5. The van der Waals surface area contributed by atoms with E-state index in [4.69, 9.17) is 0 Å². The molecule has 0 bridgehead atoms. The number of benzene rings is 3. The minimum absolute atomic E-state index is 0.124. The summed E-state index contributed by atoms with van der Waals surface area (Å²) in [5.74, 6) is -0.738. The van der Waals surface area contributed by atoms with E-state index in [1.165, 1.54) is 34.5 Å². The van der Waals surface area contributed by atoms with Crippen molar-refractivity contribution in [3.05, 3.63) is 112 Å². The van der Waals surface area contributed by atoms with Crippen LogP contribution in [0.25, 0.3) is 16.9 Å². The van der Waals surface area contributed by atoms with Gasteiger partial charge in [-0.1, -0.05) is 42.5 Å². The van der Waals surface area contributed by atoms with E-state index in [2.05, 4.69) is 11.2 Å². The average Bonchev–Trinajstić information content (AvgIpc) is 3.29. The Balaban J connectivity index is 1.60. The molecule has 1 aliphatic rings. The van der Waals surface area contributed by atoms with Crippen LogP contribution in [-0.2, 0) is 13.0 Å². The zero-order chi connectivity index (χ0) is 22.9. The molecule has 5 rings (SSSR count). The summed E-state index contributed by atoms with van der Waals surface area (Å²) in [6.45, 7) is 0.981. The number of carbonyl (C=O) groups excluding carboxylic acids is 1. The van der Waals surface area contributed by atoms with E-state index in [0.717, 1.165) is 12.0 Å². The Labute approximate surface area is 188 Å². The molecule has 1 aromatic heterocycles. The van der Waals surface area contributed by atoms with Crippen LogP contribution in [0.3, 0.4) is 0 Å². The van der Waals surface area contributed by atoms with Crippen LogP contribution in [0.2, 0.25) is 0 Å². The minimum atomic E-state index is -0.506. The summed E-state index contributed by atoms with van der Waals surface area (Å²) >= 11 is 0. The number of hydrogen-bond donors (Lipinski definition) is 0. The number of nitro benzene ring substituents is 1. The zero-order valence-corrected chi connectivity index (χ0v) is 17.5. The van der Waals surface area contributed by atoms with Crippen molar-refractivity contribution < 1.29 is 14.1 Å². The summed E-state index contributed by atoms with van der Waals surface area (Å²) in [7, 11) is 0. The van der Waals surface area contributed by atoms with Gasteiger partial charge in [0.2, 0.25) is 0 Å². The van der Waals surface area contributed by atoms with E-state index in [0.29, 0.717) is 18.8 Å². The van der Waals surface area contributed by atoms with Crippen LogP contribution in [0.15, 0.2) is 78.9 Å². The predicted octanol–water partition coefficient (Wildman–Crippen LogP) is 4.79. The Bertz CT molecular complexity index is 1380. The first-order valence-corrected chi connectivity index (χ1v) is 10.5. The van der Waals surface area contributed by atoms with Crippen LogP contribution in [0.4, 0.5) is 10.1 Å². The van der Waals surface area contributed by atoms with Crippen LogP contribution in [0.1, 0.15) is 21.6 Å². The number of fused-ring (bicyclic) bond motifs is 1. The van der Waals surface area contributed by atoms with E-state index in [1.54, 1.807) is 35.2 Å². The second-order valence-electron chi connectivity index (χ2n) is 7.83. The van der Waals surface area contributed by atoms with Crippen molar-refractivity contribution >= 4 is 11.6 Å². The second kappa shape index (κ2) is 8.31. The topological polar surface area (TPSA) is 81.3 Å². The molecule has 0 unspecified atom stereocenters. The fourth-order valence-electron chi connectivity index (χ4n) is 4.10. The summed E-state index contributed by atoms with van der Waals surface area (Å²) in [5, 5.41) is 15.8. The highest BCUT2D eigenvalue weighted by molar-refractivity contribution is 5.94. The summed E-state index contributed by atoms with van der Waals surface area (Å²) in [5.41, 5.74) is 3.26. The lowest BCUT2D eigenvalue weighted by atomic mass is 9.99. The fourth-order valence-corrected chi connectivity index (χ4v) is 4.10. The molecule has 2 heterocycles. The Hall–Kier alpha value is -4.33. The van der Waals surface area contributed by atoms with E-state index in [-0.39, 0.29) is 28.5 Å². The number of hydrogen-bond acceptors (Lipinski definition) is 4. The molecule has 1 amide bonds. The third-order valence-corrected chi connectivity index (χ3v) is 5.78. The number of nitro groups is 1. The summed E-state index contributed by atoms with van der Waals surface area (Å²) < 4.78 is 15.8. The molecule has 0 atom stereocenters. The van der Waals surface area contributed by atoms with Crippen LogP contribution in [0.5, 0.6) is 0 Å². The lowest BCUT2D eigenvalue weighted by Gasteiger charge is -2.28. The van der Waals surface area contributed by atoms with Gasteiger partial charge in [0.25, 0.3) is 11.6 Å².